The number of carboxylic acid groups (broad SMARTS) is 1. The highest BCUT2D eigenvalue weighted by molar-refractivity contribution is 7.16. The monoisotopic (exact) mass is 428 g/mol. The lowest BCUT2D eigenvalue weighted by Gasteiger charge is -2.06. The van der Waals surface area contributed by atoms with Crippen LogP contribution in [0, 0.1) is 10.1 Å². The van der Waals surface area contributed by atoms with Crippen LogP contribution in [0.25, 0.3) is 16.5 Å². The van der Waals surface area contributed by atoms with Gasteiger partial charge in [0.05, 0.1) is 4.92 Å². The summed E-state index contributed by atoms with van der Waals surface area (Å²) >= 11 is 7.48. The van der Waals surface area contributed by atoms with Crippen LogP contribution in [0.1, 0.15) is 15.2 Å². The van der Waals surface area contributed by atoms with E-state index >= 15 is 0 Å². The number of nitro groups is 1. The van der Waals surface area contributed by atoms with E-state index in [0.29, 0.717) is 9.90 Å². The minimum Gasteiger partial charge on any atom is -0.477 e. The molecule has 146 valence electrons. The van der Waals surface area contributed by atoms with Gasteiger partial charge < -0.3 is 10.4 Å². The number of nitrogens with zero attached hydrogens (tertiary/aromatic N) is 1. The topological polar surface area (TPSA) is 110 Å². The van der Waals surface area contributed by atoms with Crippen molar-refractivity contribution in [3.63, 3.8) is 0 Å². The Morgan fingerprint density at radius 1 is 1.07 bits per heavy atom. The highest BCUT2D eigenvalue weighted by Gasteiger charge is 2.21. The third kappa shape index (κ3) is 4.68. The van der Waals surface area contributed by atoms with Gasteiger partial charge in [-0.15, -0.1) is 11.3 Å². The summed E-state index contributed by atoms with van der Waals surface area (Å²) < 4.78 is 0. The second kappa shape index (κ2) is 8.68. The van der Waals surface area contributed by atoms with Crippen LogP contribution in [-0.2, 0) is 4.79 Å². The fraction of sp³-hybridized carbons (Fsp3) is 0. The van der Waals surface area contributed by atoms with E-state index in [-0.39, 0.29) is 5.56 Å². The Hall–Kier alpha value is -3.49. The number of aliphatic carboxylic acids is 1. The summed E-state index contributed by atoms with van der Waals surface area (Å²) in [6.45, 7) is 0. The maximum atomic E-state index is 12.4. The number of para-hydroxylation sites is 1. The second-order valence-corrected chi connectivity index (χ2v) is 7.30. The van der Waals surface area contributed by atoms with Crippen molar-refractivity contribution in [1.29, 1.82) is 0 Å². The molecule has 29 heavy (non-hydrogen) atoms. The summed E-state index contributed by atoms with van der Waals surface area (Å²) in [6.07, 6.45) is 1.29. The van der Waals surface area contributed by atoms with Crippen molar-refractivity contribution in [1.82, 2.24) is 5.32 Å². The van der Waals surface area contributed by atoms with Gasteiger partial charge in [-0.2, -0.15) is 0 Å². The number of nitrogens with one attached hydrogen (secondary N) is 1. The average Bonchev–Trinajstić information content (AvgIpc) is 3.16. The van der Waals surface area contributed by atoms with E-state index in [1.807, 2.05) is 12.1 Å². The Kier molecular flexibility index (Phi) is 6.06. The van der Waals surface area contributed by atoms with E-state index in [2.05, 4.69) is 5.32 Å². The maximum Gasteiger partial charge on any atom is 0.352 e. The van der Waals surface area contributed by atoms with Gasteiger partial charge in [-0.3, -0.25) is 14.9 Å². The predicted octanol–water partition coefficient (Wildman–Crippen LogP) is 4.83. The molecule has 1 amide bonds. The molecule has 7 nitrogen and oxygen atoms in total. The van der Waals surface area contributed by atoms with Crippen LogP contribution in [0.2, 0.25) is 5.02 Å². The summed E-state index contributed by atoms with van der Waals surface area (Å²) in [7, 11) is 0. The lowest BCUT2D eigenvalue weighted by molar-refractivity contribution is -0.385. The normalized spacial score (nSPS) is 11.1. The minimum absolute atomic E-state index is 0.229. The first-order valence-corrected chi connectivity index (χ1v) is 9.41. The SMILES string of the molecule is O=C(O)C(=Cc1ccc(-c2ccccc2Cl)s1)NC(=O)c1ccccc1[N+](=O)[O-]. The Labute approximate surface area is 174 Å². The van der Waals surface area contributed by atoms with E-state index in [1.54, 1.807) is 24.3 Å². The van der Waals surface area contributed by atoms with Gasteiger partial charge >= 0.3 is 5.97 Å². The summed E-state index contributed by atoms with van der Waals surface area (Å²) in [4.78, 5) is 35.8. The molecule has 0 bridgehead atoms. The number of amides is 1. The first-order chi connectivity index (χ1) is 13.9. The fourth-order valence-corrected chi connectivity index (χ4v) is 3.83. The van der Waals surface area contributed by atoms with Crippen LogP contribution in [0.15, 0.2) is 66.4 Å². The standard InChI is InChI=1S/C20H13ClN2O5S/c21-15-7-3-1-5-13(15)18-10-9-12(29-18)11-16(20(25)26)22-19(24)14-6-2-4-8-17(14)23(27)28/h1-11H,(H,22,24)(H,25,26). The number of nitro benzene ring substituents is 1. The van der Waals surface area contributed by atoms with Crippen LogP contribution in [-0.4, -0.2) is 21.9 Å². The van der Waals surface area contributed by atoms with Gasteiger partial charge in [-0.25, -0.2) is 4.79 Å². The van der Waals surface area contributed by atoms with Gasteiger partial charge in [0.25, 0.3) is 11.6 Å². The molecule has 0 saturated carbocycles. The molecule has 0 saturated heterocycles. The Morgan fingerprint density at radius 2 is 1.76 bits per heavy atom. The zero-order valence-corrected chi connectivity index (χ0v) is 16.2. The molecule has 2 N–H and O–H groups in total. The van der Waals surface area contributed by atoms with Crippen molar-refractivity contribution < 1.29 is 19.6 Å². The summed E-state index contributed by atoms with van der Waals surface area (Å²) in [5.74, 6) is -2.25. The molecular weight excluding hydrogens is 416 g/mol. The molecule has 3 rings (SSSR count). The second-order valence-electron chi connectivity index (χ2n) is 5.77. The van der Waals surface area contributed by atoms with Gasteiger partial charge in [-0.05, 0) is 30.3 Å². The third-order valence-corrected chi connectivity index (χ3v) is 5.27. The molecule has 1 heterocycles. The molecule has 9 heteroatoms. The van der Waals surface area contributed by atoms with Crippen molar-refractivity contribution in [2.45, 2.75) is 0 Å². The van der Waals surface area contributed by atoms with Crippen molar-refractivity contribution in [3.05, 3.63) is 91.9 Å². The van der Waals surface area contributed by atoms with Gasteiger partial charge in [0.2, 0.25) is 0 Å². The van der Waals surface area contributed by atoms with Crippen molar-refractivity contribution in [3.8, 4) is 10.4 Å². The fourth-order valence-electron chi connectivity index (χ4n) is 2.54. The molecule has 1 aromatic heterocycles. The number of rotatable bonds is 6. The number of benzene rings is 2. The maximum absolute atomic E-state index is 12.4. The van der Waals surface area contributed by atoms with Crippen LogP contribution >= 0.6 is 22.9 Å². The number of thiophene rings is 1. The highest BCUT2D eigenvalue weighted by atomic mass is 35.5. The molecule has 0 unspecified atom stereocenters. The van der Waals surface area contributed by atoms with E-state index in [1.165, 1.54) is 41.7 Å². The zero-order valence-electron chi connectivity index (χ0n) is 14.7. The largest absolute Gasteiger partial charge is 0.477 e. The minimum atomic E-state index is -1.37. The van der Waals surface area contributed by atoms with Gasteiger partial charge in [-0.1, -0.05) is 41.9 Å². The number of halogens is 1. The lowest BCUT2D eigenvalue weighted by atomic mass is 10.1. The zero-order chi connectivity index (χ0) is 21.0. The number of carbonyl (C=O) groups excluding carboxylic acids is 1. The molecule has 3 aromatic rings. The van der Waals surface area contributed by atoms with Gasteiger partial charge in [0, 0.05) is 26.4 Å². The summed E-state index contributed by atoms with van der Waals surface area (Å²) in [5.41, 5.74) is -0.236. The van der Waals surface area contributed by atoms with E-state index < -0.39 is 28.2 Å². The number of carboxylic acids is 1. The Morgan fingerprint density at radius 3 is 2.45 bits per heavy atom. The number of hydrogen-bond donors (Lipinski definition) is 2. The van der Waals surface area contributed by atoms with Gasteiger partial charge in [0.15, 0.2) is 0 Å². The highest BCUT2D eigenvalue weighted by Crippen LogP contribution is 2.33. The van der Waals surface area contributed by atoms with Gasteiger partial charge in [0.1, 0.15) is 11.3 Å². The molecular formula is C20H13ClN2O5S. The van der Waals surface area contributed by atoms with E-state index in [0.717, 1.165) is 10.4 Å². The molecule has 0 spiro atoms. The lowest BCUT2D eigenvalue weighted by Crippen LogP contribution is -2.27. The van der Waals surface area contributed by atoms with E-state index in [9.17, 15) is 24.8 Å². The summed E-state index contributed by atoms with van der Waals surface area (Å²) in [6, 6.07) is 16.0. The molecule has 0 aliphatic rings. The first-order valence-electron chi connectivity index (χ1n) is 8.21. The van der Waals surface area contributed by atoms with Crippen molar-refractivity contribution in [2.75, 3.05) is 0 Å². The van der Waals surface area contributed by atoms with Crippen LogP contribution < -0.4 is 5.32 Å². The van der Waals surface area contributed by atoms with Crippen LogP contribution in [0.3, 0.4) is 0 Å². The molecule has 0 aliphatic heterocycles. The molecule has 0 aliphatic carbocycles. The first kappa shape index (κ1) is 20.2. The molecule has 0 fully saturated rings. The molecule has 2 aromatic carbocycles. The smallest absolute Gasteiger partial charge is 0.352 e. The average molecular weight is 429 g/mol. The molecule has 0 atom stereocenters. The Bertz CT molecular complexity index is 1140. The number of carbonyl (C=O) groups is 2. The van der Waals surface area contributed by atoms with E-state index in [4.69, 9.17) is 11.6 Å². The predicted molar refractivity (Wildman–Crippen MR) is 111 cm³/mol. The quantitative estimate of drug-likeness (QED) is 0.332. The van der Waals surface area contributed by atoms with Crippen LogP contribution in [0.5, 0.6) is 0 Å². The van der Waals surface area contributed by atoms with Crippen molar-refractivity contribution >= 4 is 46.6 Å². The Balaban J connectivity index is 1.89. The van der Waals surface area contributed by atoms with Crippen molar-refractivity contribution in [2.24, 2.45) is 0 Å². The number of hydrogen-bond acceptors (Lipinski definition) is 5. The molecule has 0 radical (unpaired) electrons. The summed E-state index contributed by atoms with van der Waals surface area (Å²) in [5, 5.41) is 23.3. The van der Waals surface area contributed by atoms with Crippen LogP contribution in [0.4, 0.5) is 5.69 Å². The third-order valence-electron chi connectivity index (χ3n) is 3.88.